The highest BCUT2D eigenvalue weighted by atomic mass is 79.9. The van der Waals surface area contributed by atoms with Gasteiger partial charge in [-0.25, -0.2) is 0 Å². The van der Waals surface area contributed by atoms with Crippen LogP contribution in [0.1, 0.15) is 31.7 Å². The predicted octanol–water partition coefficient (Wildman–Crippen LogP) is 4.24. The van der Waals surface area contributed by atoms with Crippen LogP contribution in [-0.4, -0.2) is 18.5 Å². The number of rotatable bonds is 3. The van der Waals surface area contributed by atoms with Crippen molar-refractivity contribution in [3.63, 3.8) is 0 Å². The maximum atomic E-state index is 12.4. The second kappa shape index (κ2) is 7.05. The summed E-state index contributed by atoms with van der Waals surface area (Å²) in [6, 6.07) is 3.92. The number of nitrogens with one attached hydrogen (secondary N) is 2. The molecule has 20 heavy (non-hydrogen) atoms. The largest absolute Gasteiger partial charge is 0.323 e. The van der Waals surface area contributed by atoms with E-state index >= 15 is 0 Å². The lowest BCUT2D eigenvalue weighted by Crippen LogP contribution is -2.46. The predicted molar refractivity (Wildman–Crippen MR) is 90.0 cm³/mol. The van der Waals surface area contributed by atoms with E-state index in [2.05, 4.69) is 49.4 Å². The van der Waals surface area contributed by atoms with Crippen molar-refractivity contribution in [3.8, 4) is 0 Å². The van der Waals surface area contributed by atoms with E-state index in [0.717, 1.165) is 46.0 Å². The van der Waals surface area contributed by atoms with Crippen LogP contribution in [0.2, 0.25) is 0 Å². The first kappa shape index (κ1) is 16.0. The monoisotopic (exact) mass is 402 g/mol. The molecule has 1 aromatic carbocycles. The number of benzene rings is 1. The van der Waals surface area contributed by atoms with Gasteiger partial charge in [-0.1, -0.05) is 13.3 Å². The minimum Gasteiger partial charge on any atom is -0.323 e. The Balaban J connectivity index is 2.08. The SMILES string of the molecule is CCC1CCNC(C(=O)Nc2c(Br)cc(C)cc2Br)C1. The first-order chi connectivity index (χ1) is 9.51. The number of hydrogen-bond acceptors (Lipinski definition) is 2. The van der Waals surface area contributed by atoms with Gasteiger partial charge in [-0.05, 0) is 81.8 Å². The third-order valence-corrected chi connectivity index (χ3v) is 5.09. The standard InChI is InChI=1S/C15H20Br2N2O/c1-3-10-4-5-18-13(8-10)15(20)19-14-11(16)6-9(2)7-12(14)17/h6-7,10,13,18H,3-5,8H2,1-2H3,(H,19,20). The summed E-state index contributed by atoms with van der Waals surface area (Å²) in [5.41, 5.74) is 1.95. The fourth-order valence-electron chi connectivity index (χ4n) is 2.60. The Kier molecular flexibility index (Phi) is 5.64. The number of piperidine rings is 1. The van der Waals surface area contributed by atoms with Crippen molar-refractivity contribution < 1.29 is 4.79 Å². The van der Waals surface area contributed by atoms with Crippen molar-refractivity contribution in [2.75, 3.05) is 11.9 Å². The molecule has 2 unspecified atom stereocenters. The van der Waals surface area contributed by atoms with Crippen LogP contribution in [0.3, 0.4) is 0 Å². The average molecular weight is 404 g/mol. The van der Waals surface area contributed by atoms with Crippen molar-refractivity contribution >= 4 is 43.5 Å². The number of aryl methyl sites for hydroxylation is 1. The summed E-state index contributed by atoms with van der Waals surface area (Å²) in [6.07, 6.45) is 3.23. The van der Waals surface area contributed by atoms with Crippen LogP contribution in [-0.2, 0) is 4.79 Å². The van der Waals surface area contributed by atoms with Crippen LogP contribution in [0.5, 0.6) is 0 Å². The molecule has 1 fully saturated rings. The van der Waals surface area contributed by atoms with Gasteiger partial charge in [0.1, 0.15) is 0 Å². The summed E-state index contributed by atoms with van der Waals surface area (Å²) < 4.78 is 1.81. The molecule has 0 aliphatic carbocycles. The van der Waals surface area contributed by atoms with Crippen LogP contribution >= 0.6 is 31.9 Å². The maximum absolute atomic E-state index is 12.4. The molecule has 1 aliphatic rings. The van der Waals surface area contributed by atoms with E-state index in [4.69, 9.17) is 0 Å². The van der Waals surface area contributed by atoms with Crippen molar-refractivity contribution in [3.05, 3.63) is 26.6 Å². The second-order valence-electron chi connectivity index (χ2n) is 5.40. The lowest BCUT2D eigenvalue weighted by molar-refractivity contribution is -0.119. The maximum Gasteiger partial charge on any atom is 0.241 e. The third-order valence-electron chi connectivity index (χ3n) is 3.84. The van der Waals surface area contributed by atoms with Gasteiger partial charge in [0, 0.05) is 8.95 Å². The van der Waals surface area contributed by atoms with Crippen molar-refractivity contribution in [2.24, 2.45) is 5.92 Å². The average Bonchev–Trinajstić information content (AvgIpc) is 2.42. The zero-order valence-electron chi connectivity index (χ0n) is 11.8. The van der Waals surface area contributed by atoms with Crippen molar-refractivity contribution in [1.29, 1.82) is 0 Å². The molecule has 5 heteroatoms. The number of amides is 1. The van der Waals surface area contributed by atoms with E-state index in [1.807, 2.05) is 19.1 Å². The Bertz CT molecular complexity index is 482. The van der Waals surface area contributed by atoms with E-state index in [1.165, 1.54) is 0 Å². The smallest absolute Gasteiger partial charge is 0.241 e. The second-order valence-corrected chi connectivity index (χ2v) is 7.11. The zero-order chi connectivity index (χ0) is 14.7. The lowest BCUT2D eigenvalue weighted by Gasteiger charge is -2.29. The Morgan fingerprint density at radius 2 is 2.05 bits per heavy atom. The fraction of sp³-hybridized carbons (Fsp3) is 0.533. The Morgan fingerprint density at radius 1 is 1.40 bits per heavy atom. The summed E-state index contributed by atoms with van der Waals surface area (Å²) in [5.74, 6) is 0.699. The zero-order valence-corrected chi connectivity index (χ0v) is 15.0. The van der Waals surface area contributed by atoms with Gasteiger partial charge in [-0.3, -0.25) is 4.79 Å². The third kappa shape index (κ3) is 3.83. The van der Waals surface area contributed by atoms with E-state index in [0.29, 0.717) is 5.92 Å². The summed E-state index contributed by atoms with van der Waals surface area (Å²) in [6.45, 7) is 5.14. The fourth-order valence-corrected chi connectivity index (χ4v) is 4.21. The normalized spacial score (nSPS) is 22.6. The molecule has 110 valence electrons. The molecule has 0 aromatic heterocycles. The Labute approximate surface area is 137 Å². The molecule has 2 N–H and O–H groups in total. The molecule has 0 bridgehead atoms. The molecule has 1 saturated heterocycles. The molecule has 1 aliphatic heterocycles. The summed E-state index contributed by atoms with van der Waals surface area (Å²) in [4.78, 5) is 12.4. The van der Waals surface area contributed by atoms with Gasteiger partial charge < -0.3 is 10.6 Å². The summed E-state index contributed by atoms with van der Waals surface area (Å²) >= 11 is 7.02. The van der Waals surface area contributed by atoms with Gasteiger partial charge in [-0.2, -0.15) is 0 Å². The first-order valence-electron chi connectivity index (χ1n) is 7.01. The molecular weight excluding hydrogens is 384 g/mol. The number of anilines is 1. The first-order valence-corrected chi connectivity index (χ1v) is 8.59. The van der Waals surface area contributed by atoms with E-state index in [-0.39, 0.29) is 11.9 Å². The molecule has 3 nitrogen and oxygen atoms in total. The highest BCUT2D eigenvalue weighted by Crippen LogP contribution is 2.32. The van der Waals surface area contributed by atoms with Gasteiger partial charge in [0.2, 0.25) is 5.91 Å². The van der Waals surface area contributed by atoms with Gasteiger partial charge in [0.25, 0.3) is 0 Å². The van der Waals surface area contributed by atoms with Gasteiger partial charge in [0.15, 0.2) is 0 Å². The minimum absolute atomic E-state index is 0.0494. The Morgan fingerprint density at radius 3 is 2.65 bits per heavy atom. The molecule has 2 atom stereocenters. The summed E-state index contributed by atoms with van der Waals surface area (Å²) in [5, 5.41) is 6.34. The highest BCUT2D eigenvalue weighted by molar-refractivity contribution is 9.11. The molecule has 1 aromatic rings. The molecule has 1 amide bonds. The molecular formula is C15H20Br2N2O. The lowest BCUT2D eigenvalue weighted by atomic mass is 9.90. The number of halogens is 2. The van der Waals surface area contributed by atoms with Crippen LogP contribution < -0.4 is 10.6 Å². The van der Waals surface area contributed by atoms with Crippen LogP contribution in [0.15, 0.2) is 21.1 Å². The van der Waals surface area contributed by atoms with Crippen LogP contribution in [0.4, 0.5) is 5.69 Å². The molecule has 1 heterocycles. The number of carbonyl (C=O) groups is 1. The van der Waals surface area contributed by atoms with E-state index < -0.39 is 0 Å². The van der Waals surface area contributed by atoms with Crippen molar-refractivity contribution in [1.82, 2.24) is 5.32 Å². The number of carbonyl (C=O) groups excluding carboxylic acids is 1. The van der Waals surface area contributed by atoms with Crippen LogP contribution in [0.25, 0.3) is 0 Å². The van der Waals surface area contributed by atoms with E-state index in [1.54, 1.807) is 0 Å². The van der Waals surface area contributed by atoms with Gasteiger partial charge >= 0.3 is 0 Å². The van der Waals surface area contributed by atoms with E-state index in [9.17, 15) is 4.79 Å². The Hall–Kier alpha value is -0.390. The molecule has 0 saturated carbocycles. The topological polar surface area (TPSA) is 41.1 Å². The van der Waals surface area contributed by atoms with Crippen LogP contribution in [0, 0.1) is 12.8 Å². The minimum atomic E-state index is -0.0891. The highest BCUT2D eigenvalue weighted by Gasteiger charge is 2.26. The van der Waals surface area contributed by atoms with Gasteiger partial charge in [-0.15, -0.1) is 0 Å². The molecule has 0 spiro atoms. The number of hydrogen-bond donors (Lipinski definition) is 2. The van der Waals surface area contributed by atoms with Gasteiger partial charge in [0.05, 0.1) is 11.7 Å². The van der Waals surface area contributed by atoms with Crippen molar-refractivity contribution in [2.45, 2.75) is 39.2 Å². The molecule has 2 rings (SSSR count). The quantitative estimate of drug-likeness (QED) is 0.792. The molecule has 0 radical (unpaired) electrons. The summed E-state index contributed by atoms with van der Waals surface area (Å²) in [7, 11) is 0.